The van der Waals surface area contributed by atoms with E-state index in [9.17, 15) is 13.6 Å². The molecule has 0 atom stereocenters. The second-order valence-corrected chi connectivity index (χ2v) is 3.99. The summed E-state index contributed by atoms with van der Waals surface area (Å²) in [7, 11) is 0. The lowest BCUT2D eigenvalue weighted by Gasteiger charge is -2.30. The number of alkyl halides is 2. The molecule has 1 saturated heterocycles. The molecule has 0 aromatic rings. The molecule has 1 rings (SSSR count). The van der Waals surface area contributed by atoms with Crippen LogP contribution < -0.4 is 0 Å². The standard InChI is InChI=1S/C7H10F2OS/c8-6(9)7(5-10)1-3-11-4-2-7/h5-6H,1-4H2. The minimum atomic E-state index is -2.49. The zero-order chi connectivity index (χ0) is 8.32. The molecule has 1 aliphatic rings. The first-order valence-corrected chi connectivity index (χ1v) is 4.69. The van der Waals surface area contributed by atoms with E-state index in [0.717, 1.165) is 0 Å². The van der Waals surface area contributed by atoms with Crippen molar-refractivity contribution in [1.29, 1.82) is 0 Å². The SMILES string of the molecule is O=CC1(C(F)F)CCSCC1. The summed E-state index contributed by atoms with van der Waals surface area (Å²) in [6.45, 7) is 0. The zero-order valence-corrected chi connectivity index (χ0v) is 6.87. The number of thioether (sulfide) groups is 1. The molecule has 4 heteroatoms. The lowest BCUT2D eigenvalue weighted by atomic mass is 9.84. The second-order valence-electron chi connectivity index (χ2n) is 2.76. The van der Waals surface area contributed by atoms with Crippen LogP contribution in [0.25, 0.3) is 0 Å². The van der Waals surface area contributed by atoms with Gasteiger partial charge in [0.25, 0.3) is 6.43 Å². The molecular formula is C7H10F2OS. The number of rotatable bonds is 2. The van der Waals surface area contributed by atoms with Gasteiger partial charge in [-0.1, -0.05) is 0 Å². The van der Waals surface area contributed by atoms with Crippen molar-refractivity contribution in [1.82, 2.24) is 0 Å². The molecule has 1 nitrogen and oxygen atoms in total. The summed E-state index contributed by atoms with van der Waals surface area (Å²) in [5.74, 6) is 1.37. The molecule has 0 amide bonds. The summed E-state index contributed by atoms with van der Waals surface area (Å²) in [6, 6.07) is 0. The van der Waals surface area contributed by atoms with Crippen molar-refractivity contribution in [3.8, 4) is 0 Å². The van der Waals surface area contributed by atoms with Crippen molar-refractivity contribution < 1.29 is 13.6 Å². The van der Waals surface area contributed by atoms with Gasteiger partial charge in [0.15, 0.2) is 0 Å². The van der Waals surface area contributed by atoms with E-state index < -0.39 is 11.8 Å². The van der Waals surface area contributed by atoms with Crippen LogP contribution in [0.15, 0.2) is 0 Å². The van der Waals surface area contributed by atoms with E-state index in [-0.39, 0.29) is 0 Å². The third-order valence-electron chi connectivity index (χ3n) is 2.09. The Labute approximate surface area is 68.5 Å². The molecule has 0 spiro atoms. The van der Waals surface area contributed by atoms with Gasteiger partial charge in [0, 0.05) is 0 Å². The van der Waals surface area contributed by atoms with Gasteiger partial charge in [-0.3, -0.25) is 0 Å². The minimum Gasteiger partial charge on any atom is -0.303 e. The van der Waals surface area contributed by atoms with Crippen molar-refractivity contribution in [3.05, 3.63) is 0 Å². The van der Waals surface area contributed by atoms with E-state index in [2.05, 4.69) is 0 Å². The maximum absolute atomic E-state index is 12.3. The first kappa shape index (κ1) is 8.97. The fraction of sp³-hybridized carbons (Fsp3) is 0.857. The van der Waals surface area contributed by atoms with Crippen molar-refractivity contribution in [2.45, 2.75) is 19.3 Å². The van der Waals surface area contributed by atoms with Crippen LogP contribution in [0.5, 0.6) is 0 Å². The Hall–Kier alpha value is -0.120. The number of aldehydes is 1. The quantitative estimate of drug-likeness (QED) is 0.604. The molecule has 1 aliphatic heterocycles. The fourth-order valence-corrected chi connectivity index (χ4v) is 2.39. The average molecular weight is 180 g/mol. The highest BCUT2D eigenvalue weighted by Gasteiger charge is 2.40. The summed E-state index contributed by atoms with van der Waals surface area (Å²) in [4.78, 5) is 10.4. The molecule has 11 heavy (non-hydrogen) atoms. The van der Waals surface area contributed by atoms with Crippen LogP contribution in [-0.2, 0) is 4.79 Å². The maximum Gasteiger partial charge on any atom is 0.250 e. The molecule has 0 unspecified atom stereocenters. The van der Waals surface area contributed by atoms with Gasteiger partial charge in [-0.05, 0) is 24.3 Å². The second kappa shape index (κ2) is 3.52. The third-order valence-corrected chi connectivity index (χ3v) is 3.08. The van der Waals surface area contributed by atoms with Crippen LogP contribution in [0.3, 0.4) is 0 Å². The first-order chi connectivity index (χ1) is 5.21. The molecule has 0 radical (unpaired) electrons. The number of hydrogen-bond acceptors (Lipinski definition) is 2. The molecule has 0 aromatic heterocycles. The van der Waals surface area contributed by atoms with Crippen LogP contribution in [-0.4, -0.2) is 24.2 Å². The Kier molecular flexibility index (Phi) is 2.87. The molecule has 1 heterocycles. The minimum absolute atomic E-state index is 0.332. The predicted molar refractivity (Wildman–Crippen MR) is 41.1 cm³/mol. The average Bonchev–Trinajstić information content (AvgIpc) is 2.05. The largest absolute Gasteiger partial charge is 0.303 e. The van der Waals surface area contributed by atoms with Crippen molar-refractivity contribution in [3.63, 3.8) is 0 Å². The number of carbonyl (C=O) groups excluding carboxylic acids is 1. The summed E-state index contributed by atoms with van der Waals surface area (Å²) in [5, 5.41) is 0. The van der Waals surface area contributed by atoms with E-state index in [0.29, 0.717) is 30.6 Å². The number of halogens is 2. The summed E-state index contributed by atoms with van der Waals surface area (Å²) in [5.41, 5.74) is -1.31. The molecule has 0 saturated carbocycles. The molecule has 1 fully saturated rings. The monoisotopic (exact) mass is 180 g/mol. The first-order valence-electron chi connectivity index (χ1n) is 3.53. The van der Waals surface area contributed by atoms with Gasteiger partial charge < -0.3 is 4.79 Å². The Bertz CT molecular complexity index is 143. The molecule has 0 bridgehead atoms. The molecule has 64 valence electrons. The van der Waals surface area contributed by atoms with Crippen molar-refractivity contribution in [2.75, 3.05) is 11.5 Å². The van der Waals surface area contributed by atoms with Crippen LogP contribution in [0.1, 0.15) is 12.8 Å². The Balaban J connectivity index is 2.64. The van der Waals surface area contributed by atoms with E-state index >= 15 is 0 Å². The number of carbonyl (C=O) groups is 1. The Morgan fingerprint density at radius 3 is 2.18 bits per heavy atom. The van der Waals surface area contributed by atoms with Gasteiger partial charge in [0.2, 0.25) is 0 Å². The van der Waals surface area contributed by atoms with E-state index in [4.69, 9.17) is 0 Å². The number of hydrogen-bond donors (Lipinski definition) is 0. The molecular weight excluding hydrogens is 170 g/mol. The van der Waals surface area contributed by atoms with Gasteiger partial charge in [0.05, 0.1) is 5.41 Å². The summed E-state index contributed by atoms with van der Waals surface area (Å²) >= 11 is 1.64. The van der Waals surface area contributed by atoms with Crippen LogP contribution in [0, 0.1) is 5.41 Å². The van der Waals surface area contributed by atoms with Crippen molar-refractivity contribution >= 4 is 18.0 Å². The van der Waals surface area contributed by atoms with Gasteiger partial charge >= 0.3 is 0 Å². The van der Waals surface area contributed by atoms with Crippen LogP contribution in [0.2, 0.25) is 0 Å². The van der Waals surface area contributed by atoms with Gasteiger partial charge in [-0.2, -0.15) is 11.8 Å². The zero-order valence-electron chi connectivity index (χ0n) is 6.06. The van der Waals surface area contributed by atoms with E-state index in [1.54, 1.807) is 11.8 Å². The molecule has 0 aliphatic carbocycles. The van der Waals surface area contributed by atoms with Crippen molar-refractivity contribution in [2.24, 2.45) is 5.41 Å². The van der Waals surface area contributed by atoms with Gasteiger partial charge in [-0.25, -0.2) is 8.78 Å². The highest BCUT2D eigenvalue weighted by atomic mass is 32.2. The lowest BCUT2D eigenvalue weighted by Crippen LogP contribution is -2.35. The van der Waals surface area contributed by atoms with Crippen LogP contribution >= 0.6 is 11.8 Å². The molecule has 0 aromatic carbocycles. The lowest BCUT2D eigenvalue weighted by molar-refractivity contribution is -0.125. The Morgan fingerprint density at radius 1 is 1.36 bits per heavy atom. The molecule has 0 N–H and O–H groups in total. The summed E-state index contributed by atoms with van der Waals surface area (Å²) < 4.78 is 24.7. The van der Waals surface area contributed by atoms with E-state index in [1.807, 2.05) is 0 Å². The topological polar surface area (TPSA) is 17.1 Å². The highest BCUT2D eigenvalue weighted by Crippen LogP contribution is 2.38. The smallest absolute Gasteiger partial charge is 0.250 e. The Morgan fingerprint density at radius 2 is 1.91 bits per heavy atom. The fourth-order valence-electron chi connectivity index (χ4n) is 1.14. The maximum atomic E-state index is 12.3. The predicted octanol–water partition coefficient (Wildman–Crippen LogP) is 1.96. The van der Waals surface area contributed by atoms with Crippen LogP contribution in [0.4, 0.5) is 8.78 Å². The van der Waals surface area contributed by atoms with Gasteiger partial charge in [0.1, 0.15) is 6.29 Å². The van der Waals surface area contributed by atoms with E-state index in [1.165, 1.54) is 0 Å². The third kappa shape index (κ3) is 1.72. The summed E-state index contributed by atoms with van der Waals surface area (Å²) in [6.07, 6.45) is -1.38. The normalized spacial score (nSPS) is 23.5. The van der Waals surface area contributed by atoms with Gasteiger partial charge in [-0.15, -0.1) is 0 Å². The highest BCUT2D eigenvalue weighted by molar-refractivity contribution is 7.99.